The molecule has 2 unspecified atom stereocenters. The number of phosphoric ester groups is 1. The van der Waals surface area contributed by atoms with Crippen LogP contribution in [0.1, 0.15) is 181 Å². The fraction of sp³-hybridized carbons (Fsp3) is 0.791. The molecule has 8 nitrogen and oxygen atoms in total. The van der Waals surface area contributed by atoms with Crippen LogP contribution >= 0.6 is 7.82 Å². The van der Waals surface area contributed by atoms with Crippen molar-refractivity contribution in [2.75, 3.05) is 33.0 Å². The van der Waals surface area contributed by atoms with Crippen molar-refractivity contribution >= 4 is 13.8 Å². The van der Waals surface area contributed by atoms with Gasteiger partial charge < -0.3 is 20.1 Å². The van der Waals surface area contributed by atoms with Gasteiger partial charge in [0.25, 0.3) is 0 Å². The quantitative estimate of drug-likeness (QED) is 0.0275. The Balaban J connectivity index is 4.15. The van der Waals surface area contributed by atoms with Crippen molar-refractivity contribution < 1.29 is 32.8 Å². The highest BCUT2D eigenvalue weighted by Gasteiger charge is 2.25. The van der Waals surface area contributed by atoms with Crippen molar-refractivity contribution in [2.24, 2.45) is 5.73 Å². The molecule has 52 heavy (non-hydrogen) atoms. The number of hydrogen-bond donors (Lipinski definition) is 2. The number of ether oxygens (including phenoxy) is 2. The van der Waals surface area contributed by atoms with E-state index in [1.807, 2.05) is 12.2 Å². The van der Waals surface area contributed by atoms with Crippen LogP contribution in [0.2, 0.25) is 0 Å². The van der Waals surface area contributed by atoms with E-state index in [0.29, 0.717) is 13.0 Å². The topological polar surface area (TPSA) is 117 Å². The summed E-state index contributed by atoms with van der Waals surface area (Å²) in [5, 5.41) is 0. The smallest absolute Gasteiger partial charge is 0.457 e. The van der Waals surface area contributed by atoms with E-state index in [4.69, 9.17) is 24.3 Å². The summed E-state index contributed by atoms with van der Waals surface area (Å²) in [6.07, 6.45) is 47.1. The Bertz CT molecular complexity index is 936. The average molecular weight is 754 g/mol. The number of unbranched alkanes of at least 4 members (excludes halogenated alkanes) is 19. The minimum absolute atomic E-state index is 0.0891. The molecule has 0 aliphatic rings. The van der Waals surface area contributed by atoms with Crippen LogP contribution in [0.25, 0.3) is 0 Å². The van der Waals surface area contributed by atoms with Gasteiger partial charge in [-0.05, 0) is 44.9 Å². The van der Waals surface area contributed by atoms with E-state index >= 15 is 0 Å². The molecule has 0 fully saturated rings. The predicted octanol–water partition coefficient (Wildman–Crippen LogP) is 12.4. The van der Waals surface area contributed by atoms with E-state index in [2.05, 4.69) is 50.3 Å². The zero-order valence-electron chi connectivity index (χ0n) is 33.5. The third kappa shape index (κ3) is 39.7. The third-order valence-electron chi connectivity index (χ3n) is 8.76. The monoisotopic (exact) mass is 754 g/mol. The summed E-state index contributed by atoms with van der Waals surface area (Å²) in [5.74, 6) is -0.407. The molecule has 0 aliphatic carbocycles. The van der Waals surface area contributed by atoms with Gasteiger partial charge in [0.1, 0.15) is 6.10 Å². The Kier molecular flexibility index (Phi) is 39.4. The molecule has 0 aromatic heterocycles. The molecule has 9 heteroatoms. The Morgan fingerprint density at radius 3 is 1.52 bits per heavy atom. The zero-order chi connectivity index (χ0) is 38.1. The van der Waals surface area contributed by atoms with Gasteiger partial charge in [0, 0.05) is 19.6 Å². The number of hydrogen-bond acceptors (Lipinski definition) is 7. The van der Waals surface area contributed by atoms with Crippen molar-refractivity contribution in [1.82, 2.24) is 0 Å². The molecule has 0 aromatic rings. The van der Waals surface area contributed by atoms with Gasteiger partial charge in [-0.3, -0.25) is 13.8 Å². The van der Waals surface area contributed by atoms with Crippen molar-refractivity contribution in [3.05, 3.63) is 48.6 Å². The first kappa shape index (κ1) is 50.5. The first-order valence-electron chi connectivity index (χ1n) is 21.1. The summed E-state index contributed by atoms with van der Waals surface area (Å²) in [5.41, 5.74) is 5.36. The standard InChI is InChI=1S/C43H80NO7P/c1-3-5-7-9-11-13-15-17-19-21-22-24-26-28-30-32-34-36-43(45)51-42(41-50-52(46,47)49-39-37-44)40-48-38-35-33-31-29-27-25-23-20-18-16-14-12-10-8-6-4-2/h13,15,19,21,24,26,30,32,42H,3-12,14,16-18,20,22-23,25,27-29,31,33-41,44H2,1-2H3,(H,46,47)/b15-13-,21-19-,26-24-,32-30-. The molecule has 0 heterocycles. The SMILES string of the molecule is CCCCCC/C=C\C/C=C\C/C=C\C/C=C\CCC(=O)OC(COCCCCCCCCCCCCCCCCCC)COP(=O)(O)OCCN. The summed E-state index contributed by atoms with van der Waals surface area (Å²) in [4.78, 5) is 22.4. The molecule has 0 saturated carbocycles. The minimum atomic E-state index is -4.29. The summed E-state index contributed by atoms with van der Waals surface area (Å²) in [6, 6.07) is 0. The average Bonchev–Trinajstić information content (AvgIpc) is 3.13. The molecule has 0 bridgehead atoms. The fourth-order valence-electron chi connectivity index (χ4n) is 5.65. The van der Waals surface area contributed by atoms with E-state index in [1.54, 1.807) is 0 Å². The number of carbonyl (C=O) groups is 1. The van der Waals surface area contributed by atoms with Gasteiger partial charge in [-0.25, -0.2) is 4.57 Å². The van der Waals surface area contributed by atoms with Crippen LogP contribution in [0.4, 0.5) is 0 Å². The lowest BCUT2D eigenvalue weighted by molar-refractivity contribution is -0.154. The van der Waals surface area contributed by atoms with Crippen LogP contribution in [-0.4, -0.2) is 49.9 Å². The van der Waals surface area contributed by atoms with Crippen LogP contribution < -0.4 is 5.73 Å². The molecule has 0 rings (SSSR count). The van der Waals surface area contributed by atoms with Crippen LogP contribution in [0.3, 0.4) is 0 Å². The van der Waals surface area contributed by atoms with Gasteiger partial charge in [-0.1, -0.05) is 178 Å². The molecule has 2 atom stereocenters. The first-order valence-corrected chi connectivity index (χ1v) is 22.6. The number of nitrogens with two attached hydrogens (primary N) is 1. The zero-order valence-corrected chi connectivity index (χ0v) is 34.4. The fourth-order valence-corrected chi connectivity index (χ4v) is 6.41. The third-order valence-corrected chi connectivity index (χ3v) is 9.75. The molecule has 0 spiro atoms. The Morgan fingerprint density at radius 2 is 1.02 bits per heavy atom. The van der Waals surface area contributed by atoms with E-state index in [9.17, 15) is 14.3 Å². The van der Waals surface area contributed by atoms with Gasteiger partial charge >= 0.3 is 13.8 Å². The normalized spacial score (nSPS) is 14.0. The molecule has 3 N–H and O–H groups in total. The van der Waals surface area contributed by atoms with E-state index < -0.39 is 19.9 Å². The van der Waals surface area contributed by atoms with Crippen molar-refractivity contribution in [2.45, 2.75) is 187 Å². The molecule has 0 aliphatic heterocycles. The molecule has 0 radical (unpaired) electrons. The van der Waals surface area contributed by atoms with Crippen molar-refractivity contribution in [3.63, 3.8) is 0 Å². The lowest BCUT2D eigenvalue weighted by Gasteiger charge is -2.20. The number of rotatable bonds is 40. The molecule has 0 amide bonds. The number of phosphoric acid groups is 1. The molecule has 0 saturated heterocycles. The van der Waals surface area contributed by atoms with Gasteiger partial charge in [0.15, 0.2) is 0 Å². The Labute approximate surface area is 320 Å². The summed E-state index contributed by atoms with van der Waals surface area (Å²) >= 11 is 0. The predicted molar refractivity (Wildman–Crippen MR) is 219 cm³/mol. The lowest BCUT2D eigenvalue weighted by atomic mass is 10.0. The largest absolute Gasteiger partial charge is 0.472 e. The first-order chi connectivity index (χ1) is 25.4. The molecular weight excluding hydrogens is 673 g/mol. The maximum atomic E-state index is 12.5. The molecular formula is C43H80NO7P. The van der Waals surface area contributed by atoms with Crippen LogP contribution in [-0.2, 0) is 27.9 Å². The van der Waals surface area contributed by atoms with Crippen LogP contribution in [0.15, 0.2) is 48.6 Å². The Morgan fingerprint density at radius 1 is 0.577 bits per heavy atom. The van der Waals surface area contributed by atoms with Crippen molar-refractivity contribution in [1.29, 1.82) is 0 Å². The molecule has 304 valence electrons. The second-order valence-electron chi connectivity index (χ2n) is 13.9. The second kappa shape index (κ2) is 40.6. The maximum absolute atomic E-state index is 12.5. The second-order valence-corrected chi connectivity index (χ2v) is 15.3. The summed E-state index contributed by atoms with van der Waals surface area (Å²) < 4.78 is 33.3. The van der Waals surface area contributed by atoms with Crippen LogP contribution in [0, 0.1) is 0 Å². The van der Waals surface area contributed by atoms with Gasteiger partial charge in [0.05, 0.1) is 19.8 Å². The Hall–Kier alpha value is -1.54. The highest BCUT2D eigenvalue weighted by Crippen LogP contribution is 2.43. The van der Waals surface area contributed by atoms with E-state index in [-0.39, 0.29) is 32.8 Å². The number of allylic oxidation sites excluding steroid dienone is 8. The number of esters is 1. The number of carbonyl (C=O) groups excluding carboxylic acids is 1. The maximum Gasteiger partial charge on any atom is 0.472 e. The van der Waals surface area contributed by atoms with E-state index in [1.165, 1.54) is 122 Å². The lowest BCUT2D eigenvalue weighted by Crippen LogP contribution is -2.28. The van der Waals surface area contributed by atoms with Gasteiger partial charge in [-0.15, -0.1) is 0 Å². The minimum Gasteiger partial charge on any atom is -0.457 e. The van der Waals surface area contributed by atoms with Crippen LogP contribution in [0.5, 0.6) is 0 Å². The van der Waals surface area contributed by atoms with Gasteiger partial charge in [-0.2, -0.15) is 0 Å². The highest BCUT2D eigenvalue weighted by atomic mass is 31.2. The van der Waals surface area contributed by atoms with Crippen molar-refractivity contribution in [3.8, 4) is 0 Å². The van der Waals surface area contributed by atoms with E-state index in [0.717, 1.165) is 32.1 Å². The highest BCUT2D eigenvalue weighted by molar-refractivity contribution is 7.47. The summed E-state index contributed by atoms with van der Waals surface area (Å²) in [6.45, 7) is 4.82. The molecule has 0 aromatic carbocycles. The summed E-state index contributed by atoms with van der Waals surface area (Å²) in [7, 11) is -4.29. The van der Waals surface area contributed by atoms with Gasteiger partial charge in [0.2, 0.25) is 0 Å².